The lowest BCUT2D eigenvalue weighted by atomic mass is 10.1. The van der Waals surface area contributed by atoms with Gasteiger partial charge in [0, 0.05) is 42.6 Å². The monoisotopic (exact) mass is 380 g/mol. The van der Waals surface area contributed by atoms with Gasteiger partial charge in [-0.2, -0.15) is 0 Å². The molecule has 0 fully saturated rings. The van der Waals surface area contributed by atoms with E-state index in [9.17, 15) is 0 Å². The van der Waals surface area contributed by atoms with Gasteiger partial charge in [-0.25, -0.2) is 15.0 Å². The van der Waals surface area contributed by atoms with E-state index >= 15 is 0 Å². The number of hydrogen-bond donors (Lipinski definition) is 0. The summed E-state index contributed by atoms with van der Waals surface area (Å²) in [5.74, 6) is 2.86. The number of imidazole rings is 1. The summed E-state index contributed by atoms with van der Waals surface area (Å²) in [6.07, 6.45) is 8.37. The fraction of sp³-hybridized carbons (Fsp3) is 0.174. The van der Waals surface area contributed by atoms with Crippen molar-refractivity contribution in [1.82, 2.24) is 19.5 Å². The van der Waals surface area contributed by atoms with Crippen molar-refractivity contribution >= 4 is 23.0 Å². The van der Waals surface area contributed by atoms with Crippen molar-refractivity contribution in [3.63, 3.8) is 0 Å². The molecule has 6 nitrogen and oxygen atoms in total. The van der Waals surface area contributed by atoms with Crippen molar-refractivity contribution in [2.24, 2.45) is 0 Å². The van der Waals surface area contributed by atoms with Crippen molar-refractivity contribution in [3.8, 4) is 5.69 Å². The third-order valence-corrected chi connectivity index (χ3v) is 5.88. The SMILES string of the molecule is Cc1cc2c(cc1N1c3nccnc3N(c3ccccc3)[C@@H]1C)-n1ccnc1C2. The molecule has 0 unspecified atom stereocenters. The highest BCUT2D eigenvalue weighted by molar-refractivity contribution is 5.84. The molecule has 0 spiro atoms. The van der Waals surface area contributed by atoms with Gasteiger partial charge in [-0.05, 0) is 43.2 Å². The molecule has 0 amide bonds. The van der Waals surface area contributed by atoms with E-state index in [1.54, 1.807) is 12.4 Å². The van der Waals surface area contributed by atoms with Gasteiger partial charge in [-0.15, -0.1) is 0 Å². The largest absolute Gasteiger partial charge is 0.303 e. The maximum Gasteiger partial charge on any atom is 0.178 e. The first-order chi connectivity index (χ1) is 14.2. The van der Waals surface area contributed by atoms with Gasteiger partial charge in [0.1, 0.15) is 12.0 Å². The molecule has 0 saturated carbocycles. The van der Waals surface area contributed by atoms with Gasteiger partial charge < -0.3 is 14.4 Å². The average molecular weight is 380 g/mol. The van der Waals surface area contributed by atoms with E-state index < -0.39 is 0 Å². The second-order valence-corrected chi connectivity index (χ2v) is 7.57. The number of para-hydroxylation sites is 1. The standard InChI is InChI=1S/C23H20N6/c1-15-12-17-13-21-24-10-11-27(21)20(17)14-19(15)29-16(2)28(18-6-4-3-5-7-18)22-23(29)26-9-8-25-22/h3-12,14,16H,13H2,1-2H3/t16-/m0/s1. The zero-order valence-electron chi connectivity index (χ0n) is 16.3. The first-order valence-corrected chi connectivity index (χ1v) is 9.83. The van der Waals surface area contributed by atoms with Crippen molar-refractivity contribution in [1.29, 1.82) is 0 Å². The fourth-order valence-electron chi connectivity index (χ4n) is 4.60. The fourth-order valence-corrected chi connectivity index (χ4v) is 4.60. The van der Waals surface area contributed by atoms with E-state index in [1.807, 2.05) is 18.5 Å². The summed E-state index contributed by atoms with van der Waals surface area (Å²) in [5, 5.41) is 0. The highest BCUT2D eigenvalue weighted by Crippen LogP contribution is 2.46. The summed E-state index contributed by atoms with van der Waals surface area (Å²) >= 11 is 0. The molecular formula is C23H20N6. The van der Waals surface area contributed by atoms with Crippen LogP contribution in [0.2, 0.25) is 0 Å². The van der Waals surface area contributed by atoms with Crippen LogP contribution in [0.15, 0.2) is 67.3 Å². The Morgan fingerprint density at radius 3 is 2.41 bits per heavy atom. The number of anilines is 4. The van der Waals surface area contributed by atoms with E-state index in [4.69, 9.17) is 4.98 Å². The molecule has 6 heteroatoms. The maximum absolute atomic E-state index is 4.71. The second kappa shape index (κ2) is 5.91. The quantitative estimate of drug-likeness (QED) is 0.451. The molecule has 0 bridgehead atoms. The van der Waals surface area contributed by atoms with Gasteiger partial charge in [-0.1, -0.05) is 24.3 Å². The first-order valence-electron chi connectivity index (χ1n) is 9.83. The lowest BCUT2D eigenvalue weighted by Crippen LogP contribution is -2.36. The maximum atomic E-state index is 4.71. The number of aromatic nitrogens is 4. The molecule has 2 aliphatic heterocycles. The summed E-state index contributed by atoms with van der Waals surface area (Å²) in [6.45, 7) is 4.37. The molecule has 2 aliphatic rings. The van der Waals surface area contributed by atoms with Crippen LogP contribution in [0.5, 0.6) is 0 Å². The molecule has 6 rings (SSSR count). The molecule has 0 radical (unpaired) electrons. The van der Waals surface area contributed by atoms with E-state index in [2.05, 4.69) is 74.6 Å². The van der Waals surface area contributed by atoms with Crippen molar-refractivity contribution in [3.05, 3.63) is 84.2 Å². The number of fused-ring (bicyclic) bond motifs is 4. The van der Waals surface area contributed by atoms with Crippen LogP contribution in [-0.4, -0.2) is 25.7 Å². The molecule has 4 aromatic rings. The Labute approximate surface area is 169 Å². The van der Waals surface area contributed by atoms with Crippen LogP contribution >= 0.6 is 0 Å². The molecule has 0 saturated heterocycles. The van der Waals surface area contributed by atoms with Crippen LogP contribution in [0.4, 0.5) is 23.0 Å². The van der Waals surface area contributed by atoms with E-state index in [-0.39, 0.29) is 6.17 Å². The zero-order chi connectivity index (χ0) is 19.5. The Morgan fingerprint density at radius 1 is 0.862 bits per heavy atom. The van der Waals surface area contributed by atoms with Gasteiger partial charge >= 0.3 is 0 Å². The van der Waals surface area contributed by atoms with Gasteiger partial charge in [0.25, 0.3) is 0 Å². The number of aryl methyl sites for hydroxylation is 1. The summed E-state index contributed by atoms with van der Waals surface area (Å²) in [7, 11) is 0. The highest BCUT2D eigenvalue weighted by atomic mass is 15.5. The summed E-state index contributed by atoms with van der Waals surface area (Å²) < 4.78 is 2.19. The minimum absolute atomic E-state index is 0.0511. The Morgan fingerprint density at radius 2 is 1.62 bits per heavy atom. The lowest BCUT2D eigenvalue weighted by molar-refractivity contribution is 0.752. The Hall–Kier alpha value is -3.67. The molecule has 0 aliphatic carbocycles. The van der Waals surface area contributed by atoms with Crippen LogP contribution in [-0.2, 0) is 6.42 Å². The molecule has 4 heterocycles. The zero-order valence-corrected chi connectivity index (χ0v) is 16.3. The molecule has 2 aromatic heterocycles. The number of rotatable bonds is 2. The second-order valence-electron chi connectivity index (χ2n) is 7.57. The van der Waals surface area contributed by atoms with Crippen LogP contribution < -0.4 is 9.80 Å². The third-order valence-electron chi connectivity index (χ3n) is 5.88. The van der Waals surface area contributed by atoms with Crippen LogP contribution in [0.3, 0.4) is 0 Å². The average Bonchev–Trinajstić information content (AvgIpc) is 3.39. The van der Waals surface area contributed by atoms with Gasteiger partial charge in [0.15, 0.2) is 11.6 Å². The van der Waals surface area contributed by atoms with Crippen LogP contribution in [0.25, 0.3) is 5.69 Å². The molecule has 2 aromatic carbocycles. The summed E-state index contributed by atoms with van der Waals surface area (Å²) in [6, 6.07) is 14.9. The minimum Gasteiger partial charge on any atom is -0.303 e. The predicted octanol–water partition coefficient (Wildman–Crippen LogP) is 4.51. The highest BCUT2D eigenvalue weighted by Gasteiger charge is 2.38. The molecule has 142 valence electrons. The van der Waals surface area contributed by atoms with Crippen molar-refractivity contribution < 1.29 is 0 Å². The van der Waals surface area contributed by atoms with Crippen molar-refractivity contribution in [2.75, 3.05) is 9.80 Å². The summed E-state index contributed by atoms with van der Waals surface area (Å²) in [5.41, 5.74) is 6.01. The molecular weight excluding hydrogens is 360 g/mol. The number of benzene rings is 2. The van der Waals surface area contributed by atoms with Gasteiger partial charge in [-0.3, -0.25) is 0 Å². The minimum atomic E-state index is 0.0511. The van der Waals surface area contributed by atoms with Crippen LogP contribution in [0, 0.1) is 6.92 Å². The molecule has 1 atom stereocenters. The van der Waals surface area contributed by atoms with E-state index in [1.165, 1.54) is 16.8 Å². The first kappa shape index (κ1) is 16.3. The number of nitrogens with zero attached hydrogens (tertiary/aromatic N) is 6. The lowest BCUT2D eigenvalue weighted by Gasteiger charge is -2.30. The van der Waals surface area contributed by atoms with E-state index in [0.29, 0.717) is 0 Å². The third kappa shape index (κ3) is 2.26. The van der Waals surface area contributed by atoms with Gasteiger partial charge in [0.05, 0.1) is 5.69 Å². The van der Waals surface area contributed by atoms with E-state index in [0.717, 1.165) is 35.3 Å². The smallest absolute Gasteiger partial charge is 0.178 e. The Bertz CT molecular complexity index is 1230. The molecule has 0 N–H and O–H groups in total. The molecule has 29 heavy (non-hydrogen) atoms. The number of hydrogen-bond acceptors (Lipinski definition) is 5. The van der Waals surface area contributed by atoms with Crippen molar-refractivity contribution in [2.45, 2.75) is 26.4 Å². The van der Waals surface area contributed by atoms with Crippen LogP contribution in [0.1, 0.15) is 23.9 Å². The topological polar surface area (TPSA) is 50.1 Å². The normalized spacial score (nSPS) is 16.7. The van der Waals surface area contributed by atoms with Gasteiger partial charge in [0.2, 0.25) is 0 Å². The Kier molecular flexibility index (Phi) is 3.32. The Balaban J connectivity index is 1.53. The summed E-state index contributed by atoms with van der Waals surface area (Å²) in [4.78, 5) is 18.4. The predicted molar refractivity (Wildman–Crippen MR) is 113 cm³/mol.